The SMILES string of the molecule is C=C/C(F)=C\C=C\CCNC(=O)c1ccc2nc(C3=C(Cl)C=CCC=C3Cl)[nH]c2c1. The zero-order chi connectivity index (χ0) is 21.5. The fraction of sp³-hybridized carbons (Fsp3) is 0.130. The molecule has 7 heteroatoms. The van der Waals surface area contributed by atoms with Crippen molar-refractivity contribution < 1.29 is 9.18 Å². The zero-order valence-corrected chi connectivity index (χ0v) is 17.6. The van der Waals surface area contributed by atoms with Gasteiger partial charge in [-0.1, -0.05) is 54.1 Å². The van der Waals surface area contributed by atoms with Crippen LogP contribution in [0.1, 0.15) is 29.0 Å². The lowest BCUT2D eigenvalue weighted by molar-refractivity contribution is 0.0954. The molecule has 0 radical (unpaired) electrons. The van der Waals surface area contributed by atoms with Crippen LogP contribution in [0.5, 0.6) is 0 Å². The summed E-state index contributed by atoms with van der Waals surface area (Å²) in [5.74, 6) is -0.0663. The summed E-state index contributed by atoms with van der Waals surface area (Å²) < 4.78 is 12.9. The first kappa shape index (κ1) is 21.8. The Kier molecular flexibility index (Phi) is 7.44. The number of nitrogens with zero attached hydrogens (tertiary/aromatic N) is 1. The number of allylic oxidation sites excluding steroid dienone is 10. The summed E-state index contributed by atoms with van der Waals surface area (Å²) in [6.07, 6.45) is 12.6. The van der Waals surface area contributed by atoms with E-state index in [4.69, 9.17) is 23.2 Å². The molecule has 1 aromatic carbocycles. The van der Waals surface area contributed by atoms with E-state index in [-0.39, 0.29) is 5.91 Å². The highest BCUT2D eigenvalue weighted by Crippen LogP contribution is 2.33. The van der Waals surface area contributed by atoms with Crippen molar-refractivity contribution >= 4 is 45.7 Å². The number of halogens is 3. The molecular formula is C23H20Cl2FN3O. The maximum Gasteiger partial charge on any atom is 0.251 e. The lowest BCUT2D eigenvalue weighted by Crippen LogP contribution is -2.24. The third-order valence-electron chi connectivity index (χ3n) is 4.34. The van der Waals surface area contributed by atoms with Crippen LogP contribution in [0.15, 0.2) is 83.2 Å². The Labute approximate surface area is 184 Å². The van der Waals surface area contributed by atoms with Gasteiger partial charge in [0.25, 0.3) is 5.91 Å². The topological polar surface area (TPSA) is 57.8 Å². The standard InChI is InChI=1S/C23H20Cl2FN3O/c1-2-16(26)8-4-3-7-13-27-23(30)15-11-12-19-20(14-15)29-22(28-19)21-17(24)9-5-6-10-18(21)25/h2-5,8-12,14H,1,6-7,13H2,(H,27,30)(H,28,29)/b4-3+,16-8+. The Morgan fingerprint density at radius 1 is 1.37 bits per heavy atom. The number of fused-ring (bicyclic) bond motifs is 1. The molecule has 1 amide bonds. The molecule has 0 fully saturated rings. The predicted octanol–water partition coefficient (Wildman–Crippen LogP) is 6.31. The molecule has 3 rings (SSSR count). The maximum atomic E-state index is 12.9. The van der Waals surface area contributed by atoms with Gasteiger partial charge in [-0.25, -0.2) is 9.37 Å². The van der Waals surface area contributed by atoms with Gasteiger partial charge in [-0.05, 0) is 49.3 Å². The van der Waals surface area contributed by atoms with Crippen molar-refractivity contribution in [2.24, 2.45) is 0 Å². The van der Waals surface area contributed by atoms with Crippen molar-refractivity contribution in [1.82, 2.24) is 15.3 Å². The van der Waals surface area contributed by atoms with Gasteiger partial charge in [-0.3, -0.25) is 4.79 Å². The lowest BCUT2D eigenvalue weighted by atomic mass is 10.2. The lowest BCUT2D eigenvalue weighted by Gasteiger charge is -2.03. The third-order valence-corrected chi connectivity index (χ3v) is 5.00. The normalized spacial score (nSPS) is 14.9. The van der Waals surface area contributed by atoms with Crippen molar-refractivity contribution in [3.05, 3.63) is 94.6 Å². The average Bonchev–Trinajstić information content (AvgIpc) is 3.07. The van der Waals surface area contributed by atoms with Crippen LogP contribution < -0.4 is 5.32 Å². The molecule has 4 nitrogen and oxygen atoms in total. The zero-order valence-electron chi connectivity index (χ0n) is 16.1. The number of benzene rings is 1. The van der Waals surface area contributed by atoms with E-state index in [0.717, 1.165) is 6.08 Å². The number of aromatic amines is 1. The van der Waals surface area contributed by atoms with Gasteiger partial charge in [0.2, 0.25) is 0 Å². The number of carbonyl (C=O) groups excluding carboxylic acids is 1. The highest BCUT2D eigenvalue weighted by Gasteiger charge is 2.17. The van der Waals surface area contributed by atoms with Gasteiger partial charge in [0.1, 0.15) is 11.7 Å². The number of H-pyrrole nitrogens is 1. The summed E-state index contributed by atoms with van der Waals surface area (Å²) in [7, 11) is 0. The minimum absolute atomic E-state index is 0.207. The molecule has 1 heterocycles. The van der Waals surface area contributed by atoms with Gasteiger partial charge in [0.05, 0.1) is 21.6 Å². The van der Waals surface area contributed by atoms with Crippen LogP contribution in [0.3, 0.4) is 0 Å². The number of hydrogen-bond acceptors (Lipinski definition) is 2. The van der Waals surface area contributed by atoms with Crippen LogP contribution in [0.4, 0.5) is 4.39 Å². The molecule has 1 aromatic heterocycles. The molecule has 0 spiro atoms. The second-order valence-corrected chi connectivity index (χ2v) is 7.27. The van der Waals surface area contributed by atoms with E-state index in [1.54, 1.807) is 36.4 Å². The summed E-state index contributed by atoms with van der Waals surface area (Å²) in [6.45, 7) is 3.76. The van der Waals surface area contributed by atoms with Gasteiger partial charge in [-0.15, -0.1) is 0 Å². The van der Waals surface area contributed by atoms with Gasteiger partial charge in [-0.2, -0.15) is 0 Å². The van der Waals surface area contributed by atoms with E-state index < -0.39 is 5.83 Å². The van der Waals surface area contributed by atoms with E-state index in [0.29, 0.717) is 57.4 Å². The molecule has 1 aliphatic carbocycles. The summed E-state index contributed by atoms with van der Waals surface area (Å²) in [5.41, 5.74) is 2.54. The summed E-state index contributed by atoms with van der Waals surface area (Å²) in [4.78, 5) is 20.2. The van der Waals surface area contributed by atoms with E-state index in [1.807, 2.05) is 12.2 Å². The van der Waals surface area contributed by atoms with Crippen molar-refractivity contribution in [2.45, 2.75) is 12.8 Å². The van der Waals surface area contributed by atoms with Crippen molar-refractivity contribution in [2.75, 3.05) is 6.54 Å². The maximum absolute atomic E-state index is 12.9. The van der Waals surface area contributed by atoms with Gasteiger partial charge in [0, 0.05) is 17.1 Å². The minimum atomic E-state index is -0.406. The Hall–Kier alpha value is -2.89. The molecule has 0 unspecified atom stereocenters. The highest BCUT2D eigenvalue weighted by atomic mass is 35.5. The molecule has 1 aliphatic rings. The first-order valence-electron chi connectivity index (χ1n) is 9.35. The molecule has 0 saturated carbocycles. The molecular weight excluding hydrogens is 424 g/mol. The van der Waals surface area contributed by atoms with Crippen LogP contribution >= 0.6 is 23.2 Å². The summed E-state index contributed by atoms with van der Waals surface area (Å²) in [6, 6.07) is 5.21. The van der Waals surface area contributed by atoms with E-state index in [9.17, 15) is 9.18 Å². The molecule has 0 bridgehead atoms. The van der Waals surface area contributed by atoms with Crippen LogP contribution in [0, 0.1) is 0 Å². The van der Waals surface area contributed by atoms with Crippen molar-refractivity contribution in [3.8, 4) is 0 Å². The first-order chi connectivity index (χ1) is 14.5. The van der Waals surface area contributed by atoms with Gasteiger partial charge >= 0.3 is 0 Å². The fourth-order valence-corrected chi connectivity index (χ4v) is 3.44. The molecule has 2 N–H and O–H groups in total. The Morgan fingerprint density at radius 2 is 2.20 bits per heavy atom. The van der Waals surface area contributed by atoms with Crippen LogP contribution in [0.2, 0.25) is 0 Å². The van der Waals surface area contributed by atoms with Crippen LogP contribution in [-0.2, 0) is 0 Å². The number of aromatic nitrogens is 2. The molecule has 30 heavy (non-hydrogen) atoms. The van der Waals surface area contributed by atoms with E-state index in [1.165, 1.54) is 6.08 Å². The van der Waals surface area contributed by atoms with Gasteiger partial charge < -0.3 is 10.3 Å². The fourth-order valence-electron chi connectivity index (χ4n) is 2.83. The van der Waals surface area contributed by atoms with E-state index in [2.05, 4.69) is 21.9 Å². The molecule has 154 valence electrons. The Bertz CT molecular complexity index is 1120. The highest BCUT2D eigenvalue weighted by molar-refractivity contribution is 6.42. The minimum Gasteiger partial charge on any atom is -0.352 e. The number of carbonyl (C=O) groups is 1. The largest absolute Gasteiger partial charge is 0.352 e. The smallest absolute Gasteiger partial charge is 0.251 e. The number of hydrogen-bond donors (Lipinski definition) is 2. The quantitative estimate of drug-likeness (QED) is 0.388. The number of rotatable bonds is 7. The number of nitrogens with one attached hydrogen (secondary N) is 2. The first-order valence-corrected chi connectivity index (χ1v) is 10.1. The second kappa shape index (κ2) is 10.2. The van der Waals surface area contributed by atoms with Crippen molar-refractivity contribution in [3.63, 3.8) is 0 Å². The third kappa shape index (κ3) is 5.38. The summed E-state index contributed by atoms with van der Waals surface area (Å²) in [5, 5.41) is 3.86. The van der Waals surface area contributed by atoms with Gasteiger partial charge in [0.15, 0.2) is 0 Å². The number of imidazole rings is 1. The molecule has 0 aliphatic heterocycles. The number of amides is 1. The average molecular weight is 444 g/mol. The molecule has 2 aromatic rings. The van der Waals surface area contributed by atoms with Crippen molar-refractivity contribution in [1.29, 1.82) is 0 Å². The molecule has 0 atom stereocenters. The monoisotopic (exact) mass is 443 g/mol. The Morgan fingerprint density at radius 3 is 3.00 bits per heavy atom. The Balaban J connectivity index is 1.71. The van der Waals surface area contributed by atoms with E-state index >= 15 is 0 Å². The summed E-state index contributed by atoms with van der Waals surface area (Å²) >= 11 is 12.7. The molecule has 0 saturated heterocycles. The van der Waals surface area contributed by atoms with Crippen LogP contribution in [0.25, 0.3) is 16.6 Å². The second-order valence-electron chi connectivity index (χ2n) is 6.46. The van der Waals surface area contributed by atoms with Crippen LogP contribution in [-0.4, -0.2) is 22.4 Å². The predicted molar refractivity (Wildman–Crippen MR) is 122 cm³/mol.